The van der Waals surface area contributed by atoms with E-state index in [0.717, 1.165) is 12.2 Å². The fraction of sp³-hybridized carbons (Fsp3) is 1.00. The molecule has 0 fully saturated rings. The highest BCUT2D eigenvalue weighted by Crippen LogP contribution is 2.18. The van der Waals surface area contributed by atoms with Crippen LogP contribution in [0.2, 0.25) is 0 Å². The van der Waals surface area contributed by atoms with Crippen molar-refractivity contribution in [2.24, 2.45) is 11.1 Å². The van der Waals surface area contributed by atoms with E-state index in [9.17, 15) is 4.21 Å². The van der Waals surface area contributed by atoms with Crippen LogP contribution in [0.25, 0.3) is 0 Å². The smallest absolute Gasteiger partial charge is 0.0291 e. The van der Waals surface area contributed by atoms with Gasteiger partial charge in [-0.1, -0.05) is 27.7 Å². The molecule has 74 valence electrons. The molecule has 1 unspecified atom stereocenters. The first-order chi connectivity index (χ1) is 5.39. The molecule has 0 aliphatic rings. The standard InChI is InChI=1S/C9H21NOS/c1-8(2)12(11)6-5-9(3,4)7-10/h8H,5-7,10H2,1-4H3. The summed E-state index contributed by atoms with van der Waals surface area (Å²) in [6.45, 7) is 8.88. The third-order valence-corrected chi connectivity index (χ3v) is 3.72. The van der Waals surface area contributed by atoms with E-state index in [2.05, 4.69) is 13.8 Å². The summed E-state index contributed by atoms with van der Waals surface area (Å²) in [7, 11) is -0.675. The normalized spacial score (nSPS) is 15.2. The first-order valence-corrected chi connectivity index (χ1v) is 5.84. The van der Waals surface area contributed by atoms with E-state index in [-0.39, 0.29) is 10.7 Å². The summed E-state index contributed by atoms with van der Waals surface area (Å²) >= 11 is 0. The van der Waals surface area contributed by atoms with Crippen molar-refractivity contribution in [1.29, 1.82) is 0 Å². The monoisotopic (exact) mass is 191 g/mol. The summed E-state index contributed by atoms with van der Waals surface area (Å²) in [5, 5.41) is 0.276. The Bertz CT molecular complexity index is 155. The van der Waals surface area contributed by atoms with Gasteiger partial charge in [0, 0.05) is 21.8 Å². The Labute approximate surface area is 78.4 Å². The van der Waals surface area contributed by atoms with Crippen LogP contribution in [0.3, 0.4) is 0 Å². The van der Waals surface area contributed by atoms with E-state index in [1.165, 1.54) is 0 Å². The van der Waals surface area contributed by atoms with Gasteiger partial charge in [0.05, 0.1) is 0 Å². The SMILES string of the molecule is CC(C)S(=O)CCC(C)(C)CN. The minimum Gasteiger partial charge on any atom is -0.330 e. The fourth-order valence-corrected chi connectivity index (χ4v) is 1.94. The quantitative estimate of drug-likeness (QED) is 0.716. The van der Waals surface area contributed by atoms with Crippen LogP contribution in [0, 0.1) is 5.41 Å². The molecule has 0 radical (unpaired) electrons. The van der Waals surface area contributed by atoms with Crippen LogP contribution in [0.15, 0.2) is 0 Å². The summed E-state index contributed by atoms with van der Waals surface area (Å²) < 4.78 is 11.4. The summed E-state index contributed by atoms with van der Waals surface area (Å²) in [5.74, 6) is 0.780. The number of rotatable bonds is 5. The lowest BCUT2D eigenvalue weighted by Crippen LogP contribution is -2.26. The molecule has 0 heterocycles. The van der Waals surface area contributed by atoms with Gasteiger partial charge >= 0.3 is 0 Å². The van der Waals surface area contributed by atoms with Crippen LogP contribution in [-0.2, 0) is 10.8 Å². The van der Waals surface area contributed by atoms with Gasteiger partial charge < -0.3 is 5.73 Å². The number of hydrogen-bond acceptors (Lipinski definition) is 2. The fourth-order valence-electron chi connectivity index (χ4n) is 0.715. The van der Waals surface area contributed by atoms with E-state index in [0.29, 0.717) is 6.54 Å². The van der Waals surface area contributed by atoms with Crippen LogP contribution < -0.4 is 5.73 Å². The summed E-state index contributed by atoms with van der Waals surface area (Å²) in [6, 6.07) is 0. The predicted octanol–water partition coefficient (Wildman–Crippen LogP) is 1.52. The van der Waals surface area contributed by atoms with Gasteiger partial charge in [-0.05, 0) is 18.4 Å². The van der Waals surface area contributed by atoms with Gasteiger partial charge in [-0.3, -0.25) is 4.21 Å². The van der Waals surface area contributed by atoms with Crippen molar-refractivity contribution < 1.29 is 4.21 Å². The lowest BCUT2D eigenvalue weighted by Gasteiger charge is -2.22. The van der Waals surface area contributed by atoms with Crippen molar-refractivity contribution >= 4 is 10.8 Å². The first kappa shape index (κ1) is 12.1. The topological polar surface area (TPSA) is 43.1 Å². The largest absolute Gasteiger partial charge is 0.330 e. The Morgan fingerprint density at radius 2 is 1.92 bits per heavy atom. The van der Waals surface area contributed by atoms with Crippen LogP contribution in [0.5, 0.6) is 0 Å². The second-order valence-corrected chi connectivity index (χ2v) is 6.36. The molecule has 2 N–H and O–H groups in total. The Balaban J connectivity index is 3.76. The Morgan fingerprint density at radius 1 is 1.42 bits per heavy atom. The minimum absolute atomic E-state index is 0.143. The Kier molecular flexibility index (Phi) is 5.02. The van der Waals surface area contributed by atoms with Crippen LogP contribution in [-0.4, -0.2) is 21.8 Å². The molecule has 2 nitrogen and oxygen atoms in total. The maximum Gasteiger partial charge on any atom is 0.0291 e. The van der Waals surface area contributed by atoms with Crippen molar-refractivity contribution in [2.75, 3.05) is 12.3 Å². The molecule has 12 heavy (non-hydrogen) atoms. The minimum atomic E-state index is -0.675. The van der Waals surface area contributed by atoms with Gasteiger partial charge in [0.25, 0.3) is 0 Å². The van der Waals surface area contributed by atoms with Gasteiger partial charge in [0.2, 0.25) is 0 Å². The van der Waals surface area contributed by atoms with Crippen molar-refractivity contribution in [3.63, 3.8) is 0 Å². The average molecular weight is 191 g/mol. The lowest BCUT2D eigenvalue weighted by atomic mass is 9.91. The highest BCUT2D eigenvalue weighted by molar-refractivity contribution is 7.85. The maximum atomic E-state index is 11.4. The highest BCUT2D eigenvalue weighted by Gasteiger charge is 2.17. The molecule has 0 aromatic carbocycles. The van der Waals surface area contributed by atoms with Gasteiger partial charge in [0.15, 0.2) is 0 Å². The summed E-state index contributed by atoms with van der Waals surface area (Å²) in [4.78, 5) is 0. The number of nitrogens with two attached hydrogens (primary N) is 1. The molecule has 3 heteroatoms. The molecule has 0 spiro atoms. The van der Waals surface area contributed by atoms with Gasteiger partial charge in [-0.15, -0.1) is 0 Å². The van der Waals surface area contributed by atoms with Crippen molar-refractivity contribution in [3.8, 4) is 0 Å². The molecule has 0 aromatic heterocycles. The molecular formula is C9H21NOS. The second-order valence-electron chi connectivity index (χ2n) is 4.25. The third-order valence-electron chi connectivity index (χ3n) is 2.06. The second kappa shape index (κ2) is 4.97. The molecule has 1 atom stereocenters. The molecule has 0 aliphatic carbocycles. The molecule has 0 saturated carbocycles. The van der Waals surface area contributed by atoms with E-state index in [4.69, 9.17) is 5.73 Å². The average Bonchev–Trinajstić information content (AvgIpc) is 2.00. The molecule has 0 rings (SSSR count). The molecule has 0 bridgehead atoms. The molecule has 0 amide bonds. The lowest BCUT2D eigenvalue weighted by molar-refractivity contribution is 0.366. The summed E-state index contributed by atoms with van der Waals surface area (Å²) in [5.41, 5.74) is 5.71. The Morgan fingerprint density at radius 3 is 2.25 bits per heavy atom. The molecule has 0 aliphatic heterocycles. The number of hydrogen-bond donors (Lipinski definition) is 1. The molecule has 0 saturated heterocycles. The Hall–Kier alpha value is 0.110. The zero-order chi connectivity index (χ0) is 9.78. The van der Waals surface area contributed by atoms with Crippen LogP contribution >= 0.6 is 0 Å². The first-order valence-electron chi connectivity index (χ1n) is 4.46. The van der Waals surface area contributed by atoms with Gasteiger partial charge in [-0.2, -0.15) is 0 Å². The zero-order valence-electron chi connectivity index (χ0n) is 8.59. The van der Waals surface area contributed by atoms with Crippen LogP contribution in [0.4, 0.5) is 0 Å². The van der Waals surface area contributed by atoms with Crippen molar-refractivity contribution in [3.05, 3.63) is 0 Å². The molecular weight excluding hydrogens is 170 g/mol. The van der Waals surface area contributed by atoms with Crippen LogP contribution in [0.1, 0.15) is 34.1 Å². The third kappa shape index (κ3) is 4.88. The zero-order valence-corrected chi connectivity index (χ0v) is 9.41. The van der Waals surface area contributed by atoms with E-state index >= 15 is 0 Å². The highest BCUT2D eigenvalue weighted by atomic mass is 32.2. The predicted molar refractivity (Wildman–Crippen MR) is 55.6 cm³/mol. The van der Waals surface area contributed by atoms with E-state index < -0.39 is 10.8 Å². The van der Waals surface area contributed by atoms with Gasteiger partial charge in [-0.25, -0.2) is 0 Å². The van der Waals surface area contributed by atoms with E-state index in [1.807, 2.05) is 13.8 Å². The molecule has 0 aromatic rings. The van der Waals surface area contributed by atoms with Gasteiger partial charge in [0.1, 0.15) is 0 Å². The van der Waals surface area contributed by atoms with Crippen molar-refractivity contribution in [1.82, 2.24) is 0 Å². The summed E-state index contributed by atoms with van der Waals surface area (Å²) in [6.07, 6.45) is 0.953. The van der Waals surface area contributed by atoms with Crippen molar-refractivity contribution in [2.45, 2.75) is 39.4 Å². The maximum absolute atomic E-state index is 11.4. The van der Waals surface area contributed by atoms with E-state index in [1.54, 1.807) is 0 Å².